The highest BCUT2D eigenvalue weighted by Gasteiger charge is 2.33. The fourth-order valence-corrected chi connectivity index (χ4v) is 5.85. The van der Waals surface area contributed by atoms with Gasteiger partial charge in [0.05, 0.1) is 23.5 Å². The van der Waals surface area contributed by atoms with Crippen LogP contribution < -0.4 is 21.1 Å². The lowest BCUT2D eigenvalue weighted by atomic mass is 9.97. The topological polar surface area (TPSA) is 92.7 Å². The number of thioether (sulfide) groups is 1. The summed E-state index contributed by atoms with van der Waals surface area (Å²) in [6.45, 7) is 1.42. The van der Waals surface area contributed by atoms with Gasteiger partial charge in [0.25, 0.3) is 5.56 Å². The summed E-state index contributed by atoms with van der Waals surface area (Å²) >= 11 is 1.47. The lowest BCUT2D eigenvalue weighted by Crippen LogP contribution is -2.42. The average Bonchev–Trinajstić information content (AvgIpc) is 3.22. The minimum Gasteiger partial charge on any atom is -0.444 e. The molecule has 3 aliphatic rings. The Morgan fingerprint density at radius 3 is 2.86 bits per heavy atom. The van der Waals surface area contributed by atoms with Gasteiger partial charge >= 0.3 is 6.09 Å². The lowest BCUT2D eigenvalue weighted by molar-refractivity contribution is -0.113. The molecule has 0 spiro atoms. The maximum atomic E-state index is 14.6. The van der Waals surface area contributed by atoms with Gasteiger partial charge in [0.1, 0.15) is 11.9 Å². The van der Waals surface area contributed by atoms with Crippen molar-refractivity contribution in [3.63, 3.8) is 0 Å². The third-order valence-corrected chi connectivity index (χ3v) is 7.81. The third-order valence-electron chi connectivity index (χ3n) is 6.73. The second kappa shape index (κ2) is 8.69. The minimum absolute atomic E-state index is 0.0590. The number of nitrogens with one attached hydrogen (secondary N) is 2. The Labute approximate surface area is 204 Å². The summed E-state index contributed by atoms with van der Waals surface area (Å²) in [7, 11) is 0. The van der Waals surface area contributed by atoms with Crippen LogP contribution in [0.25, 0.3) is 10.9 Å². The molecule has 35 heavy (non-hydrogen) atoms. The molecule has 2 amide bonds. The number of aromatic nitrogens is 1. The molecule has 1 fully saturated rings. The average molecular weight is 495 g/mol. The highest BCUT2D eigenvalue weighted by atomic mass is 32.2. The van der Waals surface area contributed by atoms with Gasteiger partial charge in [-0.3, -0.25) is 14.5 Å². The molecule has 0 radical (unpaired) electrons. The van der Waals surface area contributed by atoms with Crippen LogP contribution in [0.5, 0.6) is 0 Å². The number of pyridine rings is 1. The zero-order valence-corrected chi connectivity index (χ0v) is 19.6. The molecule has 0 bridgehead atoms. The Morgan fingerprint density at radius 1 is 1.11 bits per heavy atom. The summed E-state index contributed by atoms with van der Waals surface area (Å²) in [6, 6.07) is 11.9. The van der Waals surface area contributed by atoms with Gasteiger partial charge in [-0.25, -0.2) is 9.18 Å². The van der Waals surface area contributed by atoms with Crippen LogP contribution in [0.15, 0.2) is 52.2 Å². The SMILES string of the molecule is O=C1CSc2ccc(N3CC(CCNC4Cc5c(F)ccc6ccc(=O)n(c56)C4)OC3=O)cc2N1. The highest BCUT2D eigenvalue weighted by Crippen LogP contribution is 2.35. The van der Waals surface area contributed by atoms with Gasteiger partial charge in [-0.05, 0) is 61.2 Å². The molecule has 0 aliphatic carbocycles. The Hall–Kier alpha value is -3.37. The number of hydrogen-bond donors (Lipinski definition) is 2. The Balaban J connectivity index is 1.09. The number of rotatable bonds is 5. The zero-order valence-electron chi connectivity index (χ0n) is 18.8. The van der Waals surface area contributed by atoms with Crippen LogP contribution in [0.1, 0.15) is 12.0 Å². The van der Waals surface area contributed by atoms with Crippen molar-refractivity contribution in [2.45, 2.75) is 36.4 Å². The molecule has 2 atom stereocenters. The molecule has 10 heteroatoms. The van der Waals surface area contributed by atoms with E-state index in [1.54, 1.807) is 27.7 Å². The number of amides is 2. The molecule has 0 saturated carbocycles. The molecule has 1 aromatic heterocycles. The van der Waals surface area contributed by atoms with E-state index in [0.29, 0.717) is 60.7 Å². The normalized spacial score (nSPS) is 21.1. The number of anilines is 2. The van der Waals surface area contributed by atoms with Gasteiger partial charge in [0.2, 0.25) is 5.91 Å². The predicted octanol–water partition coefficient (Wildman–Crippen LogP) is 3.11. The summed E-state index contributed by atoms with van der Waals surface area (Å²) in [5.74, 6) is 0.0237. The van der Waals surface area contributed by atoms with Crippen molar-refractivity contribution in [3.8, 4) is 0 Å². The van der Waals surface area contributed by atoms with Crippen molar-refractivity contribution in [3.05, 3.63) is 64.2 Å². The number of ether oxygens (including phenoxy) is 1. The number of benzene rings is 2. The quantitative estimate of drug-likeness (QED) is 0.566. The highest BCUT2D eigenvalue weighted by molar-refractivity contribution is 8.00. The number of fused-ring (bicyclic) bond motifs is 1. The largest absolute Gasteiger partial charge is 0.444 e. The van der Waals surface area contributed by atoms with E-state index in [2.05, 4.69) is 10.6 Å². The monoisotopic (exact) mass is 494 g/mol. The van der Waals surface area contributed by atoms with Crippen molar-refractivity contribution in [2.24, 2.45) is 0 Å². The molecule has 1 saturated heterocycles. The molecule has 4 heterocycles. The molecule has 180 valence electrons. The number of halogens is 1. The number of cyclic esters (lactones) is 1. The molecule has 2 aromatic carbocycles. The van der Waals surface area contributed by atoms with Crippen LogP contribution in [0.3, 0.4) is 0 Å². The van der Waals surface area contributed by atoms with E-state index in [-0.39, 0.29) is 29.4 Å². The minimum atomic E-state index is -0.420. The van der Waals surface area contributed by atoms with Gasteiger partial charge in [-0.15, -0.1) is 11.8 Å². The van der Waals surface area contributed by atoms with E-state index in [1.807, 2.05) is 12.1 Å². The number of carbonyl (C=O) groups excluding carboxylic acids is 2. The fraction of sp³-hybridized carbons (Fsp3) is 0.320. The van der Waals surface area contributed by atoms with Crippen LogP contribution in [0, 0.1) is 5.82 Å². The molecule has 2 unspecified atom stereocenters. The predicted molar refractivity (Wildman–Crippen MR) is 132 cm³/mol. The first-order valence-corrected chi connectivity index (χ1v) is 12.5. The summed E-state index contributed by atoms with van der Waals surface area (Å²) in [5.41, 5.74) is 2.47. The molecule has 3 aromatic rings. The van der Waals surface area contributed by atoms with Crippen LogP contribution in [-0.2, 0) is 22.5 Å². The van der Waals surface area contributed by atoms with E-state index < -0.39 is 6.09 Å². The van der Waals surface area contributed by atoms with E-state index in [4.69, 9.17) is 4.74 Å². The van der Waals surface area contributed by atoms with Crippen molar-refractivity contribution in [1.29, 1.82) is 0 Å². The van der Waals surface area contributed by atoms with E-state index in [1.165, 1.54) is 23.9 Å². The lowest BCUT2D eigenvalue weighted by Gasteiger charge is -2.28. The van der Waals surface area contributed by atoms with Crippen LogP contribution in [-0.4, -0.2) is 47.6 Å². The smallest absolute Gasteiger partial charge is 0.414 e. The number of hydrogen-bond acceptors (Lipinski definition) is 6. The molecule has 2 N–H and O–H groups in total. The van der Waals surface area contributed by atoms with E-state index >= 15 is 0 Å². The van der Waals surface area contributed by atoms with Gasteiger partial charge in [-0.2, -0.15) is 0 Å². The summed E-state index contributed by atoms with van der Waals surface area (Å²) in [6.07, 6.45) is 0.354. The zero-order chi connectivity index (χ0) is 24.1. The standard InChI is InChI=1S/C25H23FN4O4S/c26-19-4-1-14-2-6-23(32)30-11-15(9-18(19)24(14)30)27-8-7-17-12-29(25(33)34-17)16-3-5-21-20(10-16)28-22(31)13-35-21/h1-6,10,15,17,27H,7-9,11-13H2,(H,28,31). The Morgan fingerprint density at radius 2 is 1.97 bits per heavy atom. The Bertz CT molecular complexity index is 1420. The molecular formula is C25H23FN4O4S. The molecule has 8 nitrogen and oxygen atoms in total. The Kier molecular flexibility index (Phi) is 5.49. The first kappa shape index (κ1) is 22.1. The first-order chi connectivity index (χ1) is 17.0. The van der Waals surface area contributed by atoms with Crippen LogP contribution >= 0.6 is 11.8 Å². The maximum Gasteiger partial charge on any atom is 0.414 e. The van der Waals surface area contributed by atoms with Crippen molar-refractivity contribution < 1.29 is 18.7 Å². The molecule has 3 aliphatic heterocycles. The first-order valence-electron chi connectivity index (χ1n) is 11.6. The maximum absolute atomic E-state index is 14.6. The summed E-state index contributed by atoms with van der Waals surface area (Å²) in [5, 5.41) is 7.12. The number of nitrogens with zero attached hydrogens (tertiary/aromatic N) is 2. The van der Waals surface area contributed by atoms with E-state index in [0.717, 1.165) is 10.3 Å². The van der Waals surface area contributed by atoms with Gasteiger partial charge in [0, 0.05) is 34.8 Å². The second-order valence-corrected chi connectivity index (χ2v) is 10.0. The van der Waals surface area contributed by atoms with Gasteiger partial charge in [-0.1, -0.05) is 0 Å². The number of carbonyl (C=O) groups is 2. The van der Waals surface area contributed by atoms with Crippen LogP contribution in [0.4, 0.5) is 20.6 Å². The van der Waals surface area contributed by atoms with Crippen molar-refractivity contribution >= 4 is 46.0 Å². The summed E-state index contributed by atoms with van der Waals surface area (Å²) < 4.78 is 21.8. The van der Waals surface area contributed by atoms with Crippen molar-refractivity contribution in [2.75, 3.05) is 29.1 Å². The second-order valence-electron chi connectivity index (χ2n) is 9.02. The molecular weight excluding hydrogens is 471 g/mol. The van der Waals surface area contributed by atoms with Gasteiger partial charge < -0.3 is 19.9 Å². The van der Waals surface area contributed by atoms with Crippen molar-refractivity contribution in [1.82, 2.24) is 9.88 Å². The van der Waals surface area contributed by atoms with Gasteiger partial charge in [0.15, 0.2) is 0 Å². The third kappa shape index (κ3) is 4.06. The molecule has 6 rings (SSSR count). The summed E-state index contributed by atoms with van der Waals surface area (Å²) in [4.78, 5) is 39.2. The fourth-order valence-electron chi connectivity index (χ4n) is 5.06. The van der Waals surface area contributed by atoms with Crippen LogP contribution in [0.2, 0.25) is 0 Å². The van der Waals surface area contributed by atoms with E-state index in [9.17, 15) is 18.8 Å².